The van der Waals surface area contributed by atoms with E-state index in [2.05, 4.69) is 19.8 Å². The average Bonchev–Trinajstić information content (AvgIpc) is 3.66. The van der Waals surface area contributed by atoms with E-state index in [1.165, 1.54) is 6.33 Å². The van der Waals surface area contributed by atoms with E-state index in [1.54, 1.807) is 24.3 Å². The van der Waals surface area contributed by atoms with E-state index in [1.807, 2.05) is 12.1 Å². The van der Waals surface area contributed by atoms with Gasteiger partial charge in [0.2, 0.25) is 0 Å². The minimum absolute atomic E-state index is 0.0514. The van der Waals surface area contributed by atoms with Crippen LogP contribution in [0, 0.1) is 16.7 Å². The van der Waals surface area contributed by atoms with Crippen LogP contribution in [0.2, 0.25) is 0 Å². The van der Waals surface area contributed by atoms with Crippen molar-refractivity contribution in [2.45, 2.75) is 38.2 Å². The topological polar surface area (TPSA) is 65.3 Å². The Kier molecular flexibility index (Phi) is 7.46. The molecule has 6 nitrogen and oxygen atoms in total. The van der Waals surface area contributed by atoms with Gasteiger partial charge in [0.05, 0.1) is 22.9 Å². The van der Waals surface area contributed by atoms with Crippen LogP contribution in [-0.2, 0) is 19.1 Å². The molecule has 6 rings (SSSR count). The van der Waals surface area contributed by atoms with Crippen molar-refractivity contribution >= 4 is 27.4 Å². The molecule has 43 heavy (non-hydrogen) atoms. The number of likely N-dealkylation sites (tertiary alicyclic amines) is 1. The molecule has 224 valence electrons. The predicted octanol–water partition coefficient (Wildman–Crippen LogP) is 7.58. The lowest BCUT2D eigenvalue weighted by atomic mass is 9.86. The van der Waals surface area contributed by atoms with Gasteiger partial charge in [-0.15, -0.1) is 11.3 Å². The fourth-order valence-corrected chi connectivity index (χ4v) is 6.99. The summed E-state index contributed by atoms with van der Waals surface area (Å²) in [6.45, 7) is 4.01. The largest absolute Gasteiger partial charge is 0.456 e. The molecule has 1 atom stereocenters. The number of aromatic nitrogens is 2. The maximum atomic E-state index is 13.0. The molecule has 0 N–H and O–H groups in total. The summed E-state index contributed by atoms with van der Waals surface area (Å²) >= 11 is 1.06. The van der Waals surface area contributed by atoms with Crippen LogP contribution < -0.4 is 9.64 Å². The van der Waals surface area contributed by atoms with Gasteiger partial charge in [-0.25, -0.2) is 9.97 Å². The molecule has 2 aromatic heterocycles. The van der Waals surface area contributed by atoms with Gasteiger partial charge in [-0.05, 0) is 61.3 Å². The molecule has 2 aromatic carbocycles. The molecule has 0 bridgehead atoms. The Balaban J connectivity index is 1.08. The van der Waals surface area contributed by atoms with Crippen molar-refractivity contribution in [2.24, 2.45) is 5.41 Å². The maximum absolute atomic E-state index is 13.0. The Hall–Kier alpha value is -3.89. The molecule has 0 saturated carbocycles. The second-order valence-electron chi connectivity index (χ2n) is 11.1. The van der Waals surface area contributed by atoms with Crippen molar-refractivity contribution in [3.8, 4) is 17.6 Å². The number of nitrogens with zero attached hydrogens (tertiary/aromatic N) is 5. The Bertz CT molecular complexity index is 1680. The van der Waals surface area contributed by atoms with Gasteiger partial charge in [0, 0.05) is 36.5 Å². The van der Waals surface area contributed by atoms with Crippen LogP contribution in [0.3, 0.4) is 0 Å². The number of hydrogen-bond acceptors (Lipinski definition) is 7. The molecule has 2 aliphatic rings. The zero-order valence-corrected chi connectivity index (χ0v) is 23.5. The molecule has 0 radical (unpaired) electrons. The summed E-state index contributed by atoms with van der Waals surface area (Å²) in [5.41, 5.74) is -0.00984. The Morgan fingerprint density at radius 3 is 2.44 bits per heavy atom. The third kappa shape index (κ3) is 6.40. The van der Waals surface area contributed by atoms with E-state index in [9.17, 15) is 31.6 Å². The molecule has 0 amide bonds. The minimum atomic E-state index is -4.55. The molecular formula is C30H25F6N5OS. The first kappa shape index (κ1) is 29.2. The molecule has 13 heteroatoms. The first-order valence-electron chi connectivity index (χ1n) is 13.6. The second kappa shape index (κ2) is 11.0. The van der Waals surface area contributed by atoms with Gasteiger partial charge in [0.15, 0.2) is 0 Å². The Morgan fingerprint density at radius 1 is 0.953 bits per heavy atom. The van der Waals surface area contributed by atoms with E-state index in [0.29, 0.717) is 28.3 Å². The van der Waals surface area contributed by atoms with Gasteiger partial charge >= 0.3 is 12.4 Å². The number of benzene rings is 2. The van der Waals surface area contributed by atoms with Crippen molar-refractivity contribution in [3.63, 3.8) is 0 Å². The van der Waals surface area contributed by atoms with Gasteiger partial charge < -0.3 is 9.64 Å². The van der Waals surface area contributed by atoms with E-state index in [-0.39, 0.29) is 21.6 Å². The van der Waals surface area contributed by atoms with Crippen LogP contribution in [0.5, 0.6) is 11.5 Å². The highest BCUT2D eigenvalue weighted by Crippen LogP contribution is 2.43. The zero-order valence-electron chi connectivity index (χ0n) is 22.7. The smallest absolute Gasteiger partial charge is 0.416 e. The maximum Gasteiger partial charge on any atom is 0.416 e. The quantitative estimate of drug-likeness (QED) is 0.208. The van der Waals surface area contributed by atoms with Crippen molar-refractivity contribution in [3.05, 3.63) is 76.4 Å². The SMILES string of the molecule is N#Cc1cc(C(F)(F)F)ccc1Oc1ccc(CN2CCC3(CCN(c4ncnc5sc(CC(F)(F)F)cc45)C3)C2)cc1. The minimum Gasteiger partial charge on any atom is -0.456 e. The van der Waals surface area contributed by atoms with Crippen LogP contribution >= 0.6 is 11.3 Å². The first-order valence-corrected chi connectivity index (χ1v) is 14.4. The number of hydrogen-bond donors (Lipinski definition) is 0. The fourth-order valence-electron chi connectivity index (χ4n) is 5.97. The van der Waals surface area contributed by atoms with Crippen molar-refractivity contribution in [1.82, 2.24) is 14.9 Å². The standard InChI is InChI=1S/C30H25F6N5OS/c31-29(32,33)13-23-12-24-26(38-18-39-27(24)43-23)41-10-8-28(17-41)7-9-40(16-28)15-19-1-4-22(5-2-19)42-25-6-3-21(30(34,35)36)11-20(25)14-37/h1-6,11-12,18H,7-10,13,15-17H2. The number of ether oxygens (including phenoxy) is 1. The highest BCUT2D eigenvalue weighted by Gasteiger charge is 2.44. The summed E-state index contributed by atoms with van der Waals surface area (Å²) in [5, 5.41) is 9.96. The van der Waals surface area contributed by atoms with Crippen LogP contribution in [0.1, 0.15) is 34.4 Å². The normalized spacial score (nSPS) is 19.4. The van der Waals surface area contributed by atoms with Gasteiger partial charge in [0.1, 0.15) is 34.5 Å². The molecule has 4 heterocycles. The molecule has 1 spiro atoms. The number of halogens is 6. The lowest BCUT2D eigenvalue weighted by molar-refractivity contribution is -0.137. The lowest BCUT2D eigenvalue weighted by Gasteiger charge is -2.25. The predicted molar refractivity (Wildman–Crippen MR) is 149 cm³/mol. The monoisotopic (exact) mass is 617 g/mol. The molecule has 2 aliphatic heterocycles. The van der Waals surface area contributed by atoms with Gasteiger partial charge in [0.25, 0.3) is 0 Å². The molecular weight excluding hydrogens is 592 g/mol. The third-order valence-corrected chi connectivity index (χ3v) is 9.02. The Labute approximate surface area is 247 Å². The number of nitriles is 1. The second-order valence-corrected chi connectivity index (χ2v) is 12.2. The first-order chi connectivity index (χ1) is 20.4. The number of fused-ring (bicyclic) bond motifs is 1. The summed E-state index contributed by atoms with van der Waals surface area (Å²) in [4.78, 5) is 14.0. The summed E-state index contributed by atoms with van der Waals surface area (Å²) in [5.74, 6) is 1.15. The third-order valence-electron chi connectivity index (χ3n) is 7.97. The summed E-state index contributed by atoms with van der Waals surface area (Å²) in [6, 6.07) is 13.4. The number of rotatable bonds is 6. The molecule has 0 aliphatic carbocycles. The average molecular weight is 618 g/mol. The van der Waals surface area contributed by atoms with E-state index < -0.39 is 24.3 Å². The molecule has 2 saturated heterocycles. The summed E-state index contributed by atoms with van der Waals surface area (Å²) < 4.78 is 83.5. The van der Waals surface area contributed by atoms with Gasteiger partial charge in [-0.3, -0.25) is 4.90 Å². The van der Waals surface area contributed by atoms with Crippen LogP contribution in [0.15, 0.2) is 54.9 Å². The number of anilines is 1. The molecule has 1 unspecified atom stereocenters. The highest BCUT2D eigenvalue weighted by molar-refractivity contribution is 7.18. The fraction of sp³-hybridized carbons (Fsp3) is 0.367. The summed E-state index contributed by atoms with van der Waals surface area (Å²) in [6.07, 6.45) is -6.44. The highest BCUT2D eigenvalue weighted by atomic mass is 32.1. The van der Waals surface area contributed by atoms with E-state index >= 15 is 0 Å². The van der Waals surface area contributed by atoms with Crippen LogP contribution in [-0.4, -0.2) is 47.2 Å². The summed E-state index contributed by atoms with van der Waals surface area (Å²) in [7, 11) is 0. The Morgan fingerprint density at radius 2 is 1.72 bits per heavy atom. The lowest BCUT2D eigenvalue weighted by Crippen LogP contribution is -2.31. The number of alkyl halides is 6. The van der Waals surface area contributed by atoms with E-state index in [4.69, 9.17) is 4.74 Å². The zero-order chi connectivity index (χ0) is 30.4. The molecule has 2 fully saturated rings. The van der Waals surface area contributed by atoms with Crippen molar-refractivity contribution < 1.29 is 31.1 Å². The van der Waals surface area contributed by atoms with E-state index in [0.717, 1.165) is 74.1 Å². The van der Waals surface area contributed by atoms with Crippen molar-refractivity contribution in [2.75, 3.05) is 31.1 Å². The van der Waals surface area contributed by atoms with Crippen LogP contribution in [0.4, 0.5) is 32.2 Å². The van der Waals surface area contributed by atoms with Crippen LogP contribution in [0.25, 0.3) is 10.2 Å². The number of thiophene rings is 1. The van der Waals surface area contributed by atoms with Gasteiger partial charge in [-0.1, -0.05) is 12.1 Å². The molecule has 4 aromatic rings. The van der Waals surface area contributed by atoms with Gasteiger partial charge in [-0.2, -0.15) is 31.6 Å². The van der Waals surface area contributed by atoms with Crippen molar-refractivity contribution in [1.29, 1.82) is 5.26 Å².